The number of carbonyl (C=O) groups is 1. The van der Waals surface area contributed by atoms with E-state index < -0.39 is 5.97 Å². The number of aromatic nitrogens is 2. The van der Waals surface area contributed by atoms with Crippen LogP contribution >= 0.6 is 0 Å². The fourth-order valence-corrected chi connectivity index (χ4v) is 3.23. The van der Waals surface area contributed by atoms with E-state index in [1.165, 1.54) is 4.68 Å². The lowest BCUT2D eigenvalue weighted by Crippen LogP contribution is -2.27. The standard InChI is InChI=1S/C23H20N2O3/c1-2-3-14-25-22(26)20-11-7-6-10-19(20)21(24-25)23(27)28-18-13-12-16-8-4-5-9-17(16)15-18/h4-13,15H,2-3,14H2,1H3. The number of fused-ring (bicyclic) bond motifs is 2. The quantitative estimate of drug-likeness (QED) is 0.380. The molecule has 4 rings (SSSR count). The monoisotopic (exact) mass is 372 g/mol. The molecule has 1 heterocycles. The lowest BCUT2D eigenvalue weighted by Gasteiger charge is -2.11. The van der Waals surface area contributed by atoms with Crippen LogP contribution in [-0.4, -0.2) is 15.7 Å². The van der Waals surface area contributed by atoms with Gasteiger partial charge in [0, 0.05) is 11.9 Å². The van der Waals surface area contributed by atoms with Crippen molar-refractivity contribution in [3.05, 3.63) is 82.8 Å². The van der Waals surface area contributed by atoms with E-state index in [9.17, 15) is 9.59 Å². The molecule has 0 N–H and O–H groups in total. The van der Waals surface area contributed by atoms with Gasteiger partial charge in [-0.15, -0.1) is 0 Å². The fourth-order valence-electron chi connectivity index (χ4n) is 3.23. The van der Waals surface area contributed by atoms with Gasteiger partial charge >= 0.3 is 5.97 Å². The number of benzene rings is 3. The van der Waals surface area contributed by atoms with Gasteiger partial charge in [0.25, 0.3) is 5.56 Å². The van der Waals surface area contributed by atoms with Crippen LogP contribution in [0.15, 0.2) is 71.5 Å². The maximum Gasteiger partial charge on any atom is 0.364 e. The number of esters is 1. The number of rotatable bonds is 5. The lowest BCUT2D eigenvalue weighted by atomic mass is 10.1. The Morgan fingerprint density at radius 3 is 2.46 bits per heavy atom. The van der Waals surface area contributed by atoms with E-state index in [2.05, 4.69) is 5.10 Å². The molecule has 0 saturated carbocycles. The van der Waals surface area contributed by atoms with Gasteiger partial charge < -0.3 is 4.74 Å². The molecule has 0 amide bonds. The molecule has 0 aliphatic heterocycles. The minimum atomic E-state index is -0.572. The summed E-state index contributed by atoms with van der Waals surface area (Å²) in [5.74, 6) is -0.127. The van der Waals surface area contributed by atoms with E-state index >= 15 is 0 Å². The Kier molecular flexibility index (Phi) is 4.89. The second-order valence-corrected chi connectivity index (χ2v) is 6.67. The average Bonchev–Trinajstić information content (AvgIpc) is 2.73. The van der Waals surface area contributed by atoms with Gasteiger partial charge in [0.2, 0.25) is 0 Å². The van der Waals surface area contributed by atoms with Crippen LogP contribution in [0.3, 0.4) is 0 Å². The SMILES string of the molecule is CCCCn1nc(C(=O)Oc2ccc3ccccc3c2)c2ccccc2c1=O. The summed E-state index contributed by atoms with van der Waals surface area (Å²) in [4.78, 5) is 25.6. The first-order valence-corrected chi connectivity index (χ1v) is 9.38. The molecule has 0 atom stereocenters. The zero-order valence-electron chi connectivity index (χ0n) is 15.6. The van der Waals surface area contributed by atoms with Crippen molar-refractivity contribution in [1.82, 2.24) is 9.78 Å². The summed E-state index contributed by atoms with van der Waals surface area (Å²) in [6, 6.07) is 20.4. The maximum atomic E-state index is 12.9. The van der Waals surface area contributed by atoms with Crippen molar-refractivity contribution in [2.24, 2.45) is 0 Å². The van der Waals surface area contributed by atoms with Crippen LogP contribution in [0.4, 0.5) is 0 Å². The summed E-state index contributed by atoms with van der Waals surface area (Å²) >= 11 is 0. The van der Waals surface area contributed by atoms with Crippen LogP contribution in [-0.2, 0) is 6.54 Å². The zero-order chi connectivity index (χ0) is 19.5. The van der Waals surface area contributed by atoms with Crippen molar-refractivity contribution >= 4 is 27.5 Å². The van der Waals surface area contributed by atoms with Gasteiger partial charge in [0.05, 0.1) is 5.39 Å². The number of unbranched alkanes of at least 4 members (excludes halogenated alkanes) is 1. The van der Waals surface area contributed by atoms with Crippen LogP contribution < -0.4 is 10.3 Å². The number of hydrogen-bond acceptors (Lipinski definition) is 4. The summed E-state index contributed by atoms with van der Waals surface area (Å²) in [6.07, 6.45) is 1.74. The predicted octanol–water partition coefficient (Wildman–Crippen LogP) is 4.57. The van der Waals surface area contributed by atoms with Crippen LogP contribution in [0, 0.1) is 0 Å². The van der Waals surface area contributed by atoms with E-state index in [0.29, 0.717) is 23.1 Å². The maximum absolute atomic E-state index is 12.9. The second-order valence-electron chi connectivity index (χ2n) is 6.67. The van der Waals surface area contributed by atoms with E-state index in [1.807, 2.05) is 43.3 Å². The largest absolute Gasteiger partial charge is 0.422 e. The molecule has 1 aromatic heterocycles. The van der Waals surface area contributed by atoms with Crippen molar-refractivity contribution in [3.8, 4) is 5.75 Å². The van der Waals surface area contributed by atoms with Gasteiger partial charge in [-0.1, -0.05) is 61.9 Å². The fraction of sp³-hybridized carbons (Fsp3) is 0.174. The molecule has 5 nitrogen and oxygen atoms in total. The second kappa shape index (κ2) is 7.64. The van der Waals surface area contributed by atoms with E-state index in [-0.39, 0.29) is 11.3 Å². The van der Waals surface area contributed by atoms with Gasteiger partial charge in [-0.25, -0.2) is 9.48 Å². The first kappa shape index (κ1) is 17.9. The highest BCUT2D eigenvalue weighted by atomic mass is 16.5. The van der Waals surface area contributed by atoms with Crippen LogP contribution in [0.5, 0.6) is 5.75 Å². The Hall–Kier alpha value is -3.47. The van der Waals surface area contributed by atoms with E-state index in [4.69, 9.17) is 4.74 Å². The molecule has 4 aromatic rings. The average molecular weight is 372 g/mol. The molecule has 5 heteroatoms. The molecule has 28 heavy (non-hydrogen) atoms. The minimum absolute atomic E-state index is 0.152. The number of hydrogen-bond donors (Lipinski definition) is 0. The van der Waals surface area contributed by atoms with Gasteiger partial charge in [-0.2, -0.15) is 5.10 Å². The molecule has 0 radical (unpaired) electrons. The van der Waals surface area contributed by atoms with E-state index in [0.717, 1.165) is 23.6 Å². The Balaban J connectivity index is 1.75. The molecule has 3 aromatic carbocycles. The highest BCUT2D eigenvalue weighted by molar-refractivity contribution is 6.03. The molecule has 0 unspecified atom stereocenters. The number of nitrogens with zero attached hydrogens (tertiary/aromatic N) is 2. The summed E-state index contributed by atoms with van der Waals surface area (Å²) in [5, 5.41) is 7.36. The molecule has 0 bridgehead atoms. The lowest BCUT2D eigenvalue weighted by molar-refractivity contribution is 0.0728. The molecule has 140 valence electrons. The predicted molar refractivity (Wildman–Crippen MR) is 110 cm³/mol. The van der Waals surface area contributed by atoms with Crippen LogP contribution in [0.1, 0.15) is 30.3 Å². The zero-order valence-corrected chi connectivity index (χ0v) is 15.6. The third-order valence-electron chi connectivity index (χ3n) is 4.72. The van der Waals surface area contributed by atoms with Crippen molar-refractivity contribution in [1.29, 1.82) is 0 Å². The Morgan fingerprint density at radius 2 is 1.68 bits per heavy atom. The Labute approximate surface area is 162 Å². The molecular formula is C23H20N2O3. The smallest absolute Gasteiger partial charge is 0.364 e. The molecule has 0 fully saturated rings. The molecule has 0 aliphatic rings. The topological polar surface area (TPSA) is 61.2 Å². The molecule has 0 aliphatic carbocycles. The van der Waals surface area contributed by atoms with Gasteiger partial charge in [-0.05, 0) is 35.4 Å². The molecule has 0 spiro atoms. The van der Waals surface area contributed by atoms with Crippen LogP contribution in [0.25, 0.3) is 21.5 Å². The number of ether oxygens (including phenoxy) is 1. The van der Waals surface area contributed by atoms with Crippen molar-refractivity contribution in [2.75, 3.05) is 0 Å². The molecular weight excluding hydrogens is 352 g/mol. The minimum Gasteiger partial charge on any atom is -0.422 e. The summed E-state index contributed by atoms with van der Waals surface area (Å²) in [6.45, 7) is 2.51. The first-order chi connectivity index (χ1) is 13.7. The van der Waals surface area contributed by atoms with Crippen molar-refractivity contribution in [2.45, 2.75) is 26.3 Å². The van der Waals surface area contributed by atoms with Gasteiger partial charge in [-0.3, -0.25) is 4.79 Å². The van der Waals surface area contributed by atoms with Crippen molar-refractivity contribution in [3.63, 3.8) is 0 Å². The van der Waals surface area contributed by atoms with Gasteiger partial charge in [0.15, 0.2) is 5.69 Å². The summed E-state index contributed by atoms with van der Waals surface area (Å²) < 4.78 is 6.96. The summed E-state index contributed by atoms with van der Waals surface area (Å²) in [7, 11) is 0. The third kappa shape index (κ3) is 3.39. The van der Waals surface area contributed by atoms with E-state index in [1.54, 1.807) is 30.3 Å². The highest BCUT2D eigenvalue weighted by Gasteiger charge is 2.18. The number of carbonyl (C=O) groups excluding carboxylic acids is 1. The normalized spacial score (nSPS) is 11.0. The summed E-state index contributed by atoms with van der Waals surface area (Å²) in [5.41, 5.74) is -0.0363. The Bertz CT molecular complexity index is 1230. The Morgan fingerprint density at radius 1 is 0.964 bits per heavy atom. The third-order valence-corrected chi connectivity index (χ3v) is 4.72. The number of aryl methyl sites for hydroxylation is 1. The highest BCUT2D eigenvalue weighted by Crippen LogP contribution is 2.22. The first-order valence-electron chi connectivity index (χ1n) is 9.38. The van der Waals surface area contributed by atoms with Gasteiger partial charge in [0.1, 0.15) is 5.75 Å². The van der Waals surface area contributed by atoms with Crippen molar-refractivity contribution < 1.29 is 9.53 Å². The molecule has 0 saturated heterocycles. The van der Waals surface area contributed by atoms with Crippen LogP contribution in [0.2, 0.25) is 0 Å².